The first kappa shape index (κ1) is 20.5. The summed E-state index contributed by atoms with van der Waals surface area (Å²) in [6.07, 6.45) is 7.97. The number of rotatable bonds is 6. The summed E-state index contributed by atoms with van der Waals surface area (Å²) in [5, 5.41) is 3.20. The number of nitrogens with one attached hydrogen (secondary N) is 1. The van der Waals surface area contributed by atoms with Gasteiger partial charge < -0.3 is 14.8 Å². The van der Waals surface area contributed by atoms with E-state index in [0.717, 1.165) is 60.3 Å². The van der Waals surface area contributed by atoms with Crippen LogP contribution < -0.4 is 14.8 Å². The molecule has 1 amide bonds. The second-order valence-electron chi connectivity index (χ2n) is 8.54. The highest BCUT2D eigenvalue weighted by molar-refractivity contribution is 5.88. The maximum absolute atomic E-state index is 13.4. The molecule has 1 atom stereocenters. The van der Waals surface area contributed by atoms with Gasteiger partial charge in [-0.3, -0.25) is 4.79 Å². The highest BCUT2D eigenvalue weighted by Crippen LogP contribution is 2.42. The minimum atomic E-state index is -0.471. The van der Waals surface area contributed by atoms with E-state index in [9.17, 15) is 4.79 Å². The standard InChI is InChI=1S/C26H27N3O3/c1-31-20-10-8-19(9-11-20)26(12-2-3-13-26)25(30)29-17-21-16-18-6-4-7-22(23(18)32-21)24-27-14-5-15-28-24/h4-11,14-15,21H,2-3,12-13,16-17H2,1H3,(H,29,30). The maximum atomic E-state index is 13.4. The molecule has 2 aliphatic rings. The Kier molecular flexibility index (Phi) is 5.52. The molecule has 1 unspecified atom stereocenters. The molecule has 6 nitrogen and oxygen atoms in total. The van der Waals surface area contributed by atoms with Crippen LogP contribution in [0.2, 0.25) is 0 Å². The first-order valence-corrected chi connectivity index (χ1v) is 11.2. The lowest BCUT2D eigenvalue weighted by atomic mass is 9.78. The summed E-state index contributed by atoms with van der Waals surface area (Å²) in [5.41, 5.74) is 2.61. The Bertz CT molecular complexity index is 1090. The van der Waals surface area contributed by atoms with E-state index in [-0.39, 0.29) is 12.0 Å². The lowest BCUT2D eigenvalue weighted by Crippen LogP contribution is -2.45. The summed E-state index contributed by atoms with van der Waals surface area (Å²) in [5.74, 6) is 2.37. The van der Waals surface area contributed by atoms with Gasteiger partial charge in [0.1, 0.15) is 17.6 Å². The van der Waals surface area contributed by atoms with E-state index in [1.807, 2.05) is 36.4 Å². The number of benzene rings is 2. The fraction of sp³-hybridized carbons (Fsp3) is 0.346. The molecule has 3 aromatic rings. The summed E-state index contributed by atoms with van der Waals surface area (Å²) >= 11 is 0. The number of fused-ring (bicyclic) bond motifs is 1. The molecule has 1 aliphatic carbocycles. The molecular weight excluding hydrogens is 402 g/mol. The number of carbonyl (C=O) groups excluding carboxylic acids is 1. The Labute approximate surface area is 188 Å². The predicted molar refractivity (Wildman–Crippen MR) is 122 cm³/mol. The highest BCUT2D eigenvalue weighted by Gasteiger charge is 2.43. The van der Waals surface area contributed by atoms with Crippen molar-refractivity contribution in [3.8, 4) is 22.9 Å². The molecule has 32 heavy (non-hydrogen) atoms. The van der Waals surface area contributed by atoms with Crippen molar-refractivity contribution in [2.45, 2.75) is 43.6 Å². The van der Waals surface area contributed by atoms with E-state index < -0.39 is 5.41 Å². The minimum Gasteiger partial charge on any atom is -0.497 e. The van der Waals surface area contributed by atoms with Gasteiger partial charge in [0.15, 0.2) is 5.82 Å². The van der Waals surface area contributed by atoms with Crippen LogP contribution in [0.25, 0.3) is 11.4 Å². The van der Waals surface area contributed by atoms with E-state index >= 15 is 0 Å². The molecule has 1 N–H and O–H groups in total. The van der Waals surface area contributed by atoms with Crippen molar-refractivity contribution < 1.29 is 14.3 Å². The molecule has 1 aliphatic heterocycles. The van der Waals surface area contributed by atoms with Crippen LogP contribution in [0.4, 0.5) is 0 Å². The molecule has 2 heterocycles. The quantitative estimate of drug-likeness (QED) is 0.639. The Balaban J connectivity index is 1.29. The zero-order valence-electron chi connectivity index (χ0n) is 18.2. The number of nitrogens with zero attached hydrogens (tertiary/aromatic N) is 2. The zero-order valence-corrected chi connectivity index (χ0v) is 18.2. The van der Waals surface area contributed by atoms with Crippen molar-refractivity contribution in [1.82, 2.24) is 15.3 Å². The number of ether oxygens (including phenoxy) is 2. The molecule has 0 radical (unpaired) electrons. The Morgan fingerprint density at radius 3 is 2.56 bits per heavy atom. The van der Waals surface area contributed by atoms with Gasteiger partial charge in [0.2, 0.25) is 5.91 Å². The molecule has 1 fully saturated rings. The van der Waals surface area contributed by atoms with Crippen molar-refractivity contribution >= 4 is 5.91 Å². The van der Waals surface area contributed by atoms with Gasteiger partial charge in [-0.05, 0) is 48.2 Å². The van der Waals surface area contributed by atoms with Crippen LogP contribution in [0.15, 0.2) is 60.9 Å². The fourth-order valence-corrected chi connectivity index (χ4v) is 4.98. The number of methoxy groups -OCH3 is 1. The molecule has 0 spiro atoms. The largest absolute Gasteiger partial charge is 0.497 e. The molecule has 1 aromatic heterocycles. The normalized spacial score (nSPS) is 18.6. The summed E-state index contributed by atoms with van der Waals surface area (Å²) in [6, 6.07) is 15.8. The lowest BCUT2D eigenvalue weighted by Gasteiger charge is -2.29. The second kappa shape index (κ2) is 8.61. The number of carbonyl (C=O) groups is 1. The maximum Gasteiger partial charge on any atom is 0.230 e. The van der Waals surface area contributed by atoms with Crippen LogP contribution in [0.5, 0.6) is 11.5 Å². The first-order valence-electron chi connectivity index (χ1n) is 11.2. The zero-order chi connectivity index (χ0) is 22.0. The summed E-state index contributed by atoms with van der Waals surface area (Å²) in [4.78, 5) is 22.1. The van der Waals surface area contributed by atoms with Crippen LogP contribution in [0.1, 0.15) is 36.8 Å². The van der Waals surface area contributed by atoms with Crippen molar-refractivity contribution in [1.29, 1.82) is 0 Å². The Hall–Kier alpha value is -3.41. The molecule has 0 bridgehead atoms. The molecular formula is C26H27N3O3. The van der Waals surface area contributed by atoms with Crippen LogP contribution in [0.3, 0.4) is 0 Å². The molecule has 2 aromatic carbocycles. The number of aromatic nitrogens is 2. The summed E-state index contributed by atoms with van der Waals surface area (Å²) < 4.78 is 11.5. The van der Waals surface area contributed by atoms with Gasteiger partial charge in [0, 0.05) is 18.8 Å². The van der Waals surface area contributed by atoms with Gasteiger partial charge in [-0.1, -0.05) is 37.1 Å². The minimum absolute atomic E-state index is 0.0892. The van der Waals surface area contributed by atoms with E-state index in [4.69, 9.17) is 9.47 Å². The highest BCUT2D eigenvalue weighted by atomic mass is 16.5. The smallest absolute Gasteiger partial charge is 0.230 e. The average molecular weight is 430 g/mol. The van der Waals surface area contributed by atoms with E-state index in [2.05, 4.69) is 21.4 Å². The Morgan fingerprint density at radius 1 is 1.09 bits per heavy atom. The summed E-state index contributed by atoms with van der Waals surface area (Å²) in [7, 11) is 1.65. The predicted octanol–water partition coefficient (Wildman–Crippen LogP) is 4.08. The van der Waals surface area contributed by atoms with Crippen LogP contribution >= 0.6 is 0 Å². The van der Waals surface area contributed by atoms with Crippen molar-refractivity contribution in [2.75, 3.05) is 13.7 Å². The number of hydrogen-bond acceptors (Lipinski definition) is 5. The topological polar surface area (TPSA) is 73.3 Å². The average Bonchev–Trinajstić information content (AvgIpc) is 3.51. The van der Waals surface area contributed by atoms with Gasteiger partial charge in [-0.15, -0.1) is 0 Å². The van der Waals surface area contributed by atoms with Gasteiger partial charge in [-0.25, -0.2) is 9.97 Å². The first-order chi connectivity index (χ1) is 15.7. The fourth-order valence-electron chi connectivity index (χ4n) is 4.98. The monoisotopic (exact) mass is 429 g/mol. The van der Waals surface area contributed by atoms with E-state index in [1.54, 1.807) is 25.6 Å². The van der Waals surface area contributed by atoms with Crippen LogP contribution in [-0.2, 0) is 16.6 Å². The third-order valence-corrected chi connectivity index (χ3v) is 6.66. The number of hydrogen-bond donors (Lipinski definition) is 1. The molecule has 1 saturated carbocycles. The van der Waals surface area contributed by atoms with Crippen LogP contribution in [0, 0.1) is 0 Å². The van der Waals surface area contributed by atoms with Gasteiger partial charge in [-0.2, -0.15) is 0 Å². The molecule has 5 rings (SSSR count). The van der Waals surface area contributed by atoms with Gasteiger partial charge >= 0.3 is 0 Å². The number of para-hydroxylation sites is 1. The lowest BCUT2D eigenvalue weighted by molar-refractivity contribution is -0.127. The van der Waals surface area contributed by atoms with Gasteiger partial charge in [0.05, 0.1) is 24.6 Å². The van der Waals surface area contributed by atoms with Crippen molar-refractivity contribution in [3.05, 3.63) is 72.1 Å². The SMILES string of the molecule is COc1ccc(C2(C(=O)NCC3Cc4cccc(-c5ncccn5)c4O3)CCCC2)cc1. The third kappa shape index (κ3) is 3.70. The van der Waals surface area contributed by atoms with E-state index in [1.165, 1.54) is 0 Å². The Morgan fingerprint density at radius 2 is 1.84 bits per heavy atom. The van der Waals surface area contributed by atoms with Crippen LogP contribution in [-0.4, -0.2) is 35.6 Å². The number of amides is 1. The van der Waals surface area contributed by atoms with Crippen molar-refractivity contribution in [2.24, 2.45) is 0 Å². The second-order valence-corrected chi connectivity index (χ2v) is 8.54. The molecule has 0 saturated heterocycles. The van der Waals surface area contributed by atoms with E-state index in [0.29, 0.717) is 12.4 Å². The summed E-state index contributed by atoms with van der Waals surface area (Å²) in [6.45, 7) is 0.473. The van der Waals surface area contributed by atoms with Crippen molar-refractivity contribution in [3.63, 3.8) is 0 Å². The third-order valence-electron chi connectivity index (χ3n) is 6.66. The molecule has 164 valence electrons. The van der Waals surface area contributed by atoms with Gasteiger partial charge in [0.25, 0.3) is 0 Å². The molecule has 6 heteroatoms.